The standard InChI is InChI=1S/C26H28N4O5/c1-34-21-12-10-18(11-13-21)24(26(33)29-19-6-2-3-7-19)30(20-8-4-14-27-16-20)23(31)17-28-25(32)22-9-5-15-35-22/h4-5,8-16,19,24H,2-3,6-7,17H2,1H3,(H,28,32)(H,29,33)/t24-/m0/s1. The fraction of sp³-hybridized carbons (Fsp3) is 0.308. The van der Waals surface area contributed by atoms with Crippen LogP contribution in [0.5, 0.6) is 5.75 Å². The van der Waals surface area contributed by atoms with E-state index in [1.54, 1.807) is 55.8 Å². The van der Waals surface area contributed by atoms with Gasteiger partial charge in [-0.25, -0.2) is 0 Å². The normalized spacial score (nSPS) is 14.2. The molecule has 0 bridgehead atoms. The van der Waals surface area contributed by atoms with Crippen LogP contribution in [0.25, 0.3) is 0 Å². The van der Waals surface area contributed by atoms with Gasteiger partial charge in [-0.15, -0.1) is 0 Å². The zero-order valence-electron chi connectivity index (χ0n) is 19.5. The Kier molecular flexibility index (Phi) is 7.77. The van der Waals surface area contributed by atoms with Crippen LogP contribution in [0.15, 0.2) is 71.6 Å². The van der Waals surface area contributed by atoms with Gasteiger partial charge in [0.1, 0.15) is 11.8 Å². The SMILES string of the molecule is COc1ccc([C@@H](C(=O)NC2CCCC2)N(C(=O)CNC(=O)c2ccco2)c2cccnc2)cc1. The number of hydrogen-bond acceptors (Lipinski definition) is 6. The monoisotopic (exact) mass is 476 g/mol. The van der Waals surface area contributed by atoms with Gasteiger partial charge in [0.05, 0.1) is 31.8 Å². The van der Waals surface area contributed by atoms with Crippen LogP contribution < -0.4 is 20.3 Å². The van der Waals surface area contributed by atoms with E-state index in [4.69, 9.17) is 9.15 Å². The molecule has 2 heterocycles. The van der Waals surface area contributed by atoms with E-state index in [9.17, 15) is 14.4 Å². The molecule has 9 nitrogen and oxygen atoms in total. The highest BCUT2D eigenvalue weighted by Gasteiger charge is 2.34. The lowest BCUT2D eigenvalue weighted by atomic mass is 10.0. The lowest BCUT2D eigenvalue weighted by Crippen LogP contribution is -2.49. The molecule has 182 valence electrons. The first kappa shape index (κ1) is 24.0. The van der Waals surface area contributed by atoms with Crippen LogP contribution in [0.3, 0.4) is 0 Å². The van der Waals surface area contributed by atoms with Crippen LogP contribution in [-0.4, -0.2) is 42.4 Å². The molecule has 9 heteroatoms. The third-order valence-corrected chi connectivity index (χ3v) is 5.98. The summed E-state index contributed by atoms with van der Waals surface area (Å²) in [6.45, 7) is -0.336. The number of anilines is 1. The molecule has 4 rings (SSSR count). The van der Waals surface area contributed by atoms with Gasteiger partial charge in [0.2, 0.25) is 11.8 Å². The summed E-state index contributed by atoms with van der Waals surface area (Å²) in [5.41, 5.74) is 1.04. The number of aromatic nitrogens is 1. The third kappa shape index (κ3) is 5.87. The van der Waals surface area contributed by atoms with E-state index in [0.717, 1.165) is 25.7 Å². The Morgan fingerprint density at radius 3 is 2.51 bits per heavy atom. The van der Waals surface area contributed by atoms with Crippen molar-refractivity contribution in [3.63, 3.8) is 0 Å². The molecule has 0 saturated heterocycles. The number of hydrogen-bond donors (Lipinski definition) is 2. The number of ether oxygens (including phenoxy) is 1. The molecule has 1 aliphatic carbocycles. The molecular formula is C26H28N4O5. The summed E-state index contributed by atoms with van der Waals surface area (Å²) in [5, 5.41) is 5.69. The topological polar surface area (TPSA) is 114 Å². The zero-order valence-corrected chi connectivity index (χ0v) is 19.5. The van der Waals surface area contributed by atoms with E-state index in [0.29, 0.717) is 17.0 Å². The molecule has 2 aromatic heterocycles. The van der Waals surface area contributed by atoms with Gasteiger partial charge in [-0.1, -0.05) is 25.0 Å². The third-order valence-electron chi connectivity index (χ3n) is 5.98. The van der Waals surface area contributed by atoms with Crippen LogP contribution in [0.4, 0.5) is 5.69 Å². The first-order chi connectivity index (χ1) is 17.1. The minimum Gasteiger partial charge on any atom is -0.497 e. The maximum absolute atomic E-state index is 13.6. The molecule has 3 amide bonds. The molecule has 35 heavy (non-hydrogen) atoms. The average Bonchev–Trinajstić information content (AvgIpc) is 3.61. The van der Waals surface area contributed by atoms with Crippen molar-refractivity contribution in [2.45, 2.75) is 37.8 Å². The number of pyridine rings is 1. The van der Waals surface area contributed by atoms with Crippen molar-refractivity contribution in [1.82, 2.24) is 15.6 Å². The van der Waals surface area contributed by atoms with Gasteiger partial charge in [0, 0.05) is 12.2 Å². The van der Waals surface area contributed by atoms with E-state index in [1.807, 2.05) is 0 Å². The number of furan rings is 1. The molecule has 0 aliphatic heterocycles. The first-order valence-corrected chi connectivity index (χ1v) is 11.5. The fourth-order valence-corrected chi connectivity index (χ4v) is 4.22. The van der Waals surface area contributed by atoms with Gasteiger partial charge in [-0.3, -0.25) is 24.3 Å². The number of nitrogens with one attached hydrogen (secondary N) is 2. The van der Waals surface area contributed by atoms with Gasteiger partial charge in [-0.05, 0) is 54.8 Å². The molecular weight excluding hydrogens is 448 g/mol. The van der Waals surface area contributed by atoms with Gasteiger partial charge in [-0.2, -0.15) is 0 Å². The van der Waals surface area contributed by atoms with Gasteiger partial charge >= 0.3 is 0 Å². The second kappa shape index (κ2) is 11.3. The van der Waals surface area contributed by atoms with Crippen LogP contribution >= 0.6 is 0 Å². The molecule has 1 aliphatic rings. The van der Waals surface area contributed by atoms with Crippen LogP contribution in [-0.2, 0) is 9.59 Å². The van der Waals surface area contributed by atoms with E-state index >= 15 is 0 Å². The summed E-state index contributed by atoms with van der Waals surface area (Å²) >= 11 is 0. The fourth-order valence-electron chi connectivity index (χ4n) is 4.22. The number of methoxy groups -OCH3 is 1. The first-order valence-electron chi connectivity index (χ1n) is 11.5. The number of carbonyl (C=O) groups is 3. The molecule has 0 unspecified atom stereocenters. The maximum atomic E-state index is 13.6. The Hall–Kier alpha value is -4.14. The number of amides is 3. The second-order valence-corrected chi connectivity index (χ2v) is 8.30. The molecule has 0 spiro atoms. The molecule has 1 fully saturated rings. The van der Waals surface area contributed by atoms with Crippen molar-refractivity contribution in [2.75, 3.05) is 18.6 Å². The largest absolute Gasteiger partial charge is 0.497 e. The smallest absolute Gasteiger partial charge is 0.287 e. The Morgan fingerprint density at radius 2 is 1.89 bits per heavy atom. The van der Waals surface area contributed by atoms with E-state index in [1.165, 1.54) is 23.4 Å². The van der Waals surface area contributed by atoms with Crippen molar-refractivity contribution in [1.29, 1.82) is 0 Å². The molecule has 1 atom stereocenters. The predicted octanol–water partition coefficient (Wildman–Crippen LogP) is 3.25. The Morgan fingerprint density at radius 1 is 1.11 bits per heavy atom. The van der Waals surface area contributed by atoms with Gasteiger partial charge in [0.15, 0.2) is 5.76 Å². The lowest BCUT2D eigenvalue weighted by Gasteiger charge is -2.32. The van der Waals surface area contributed by atoms with Gasteiger partial charge in [0.25, 0.3) is 5.91 Å². The Labute approximate surface area is 203 Å². The van der Waals surface area contributed by atoms with E-state index in [2.05, 4.69) is 15.6 Å². The number of benzene rings is 1. The number of carbonyl (C=O) groups excluding carboxylic acids is 3. The average molecular weight is 477 g/mol. The summed E-state index contributed by atoms with van der Waals surface area (Å²) in [6.07, 6.45) is 8.41. The minimum absolute atomic E-state index is 0.0627. The van der Waals surface area contributed by atoms with Crippen molar-refractivity contribution < 1.29 is 23.5 Å². The van der Waals surface area contributed by atoms with Crippen molar-refractivity contribution in [3.8, 4) is 5.75 Å². The highest BCUT2D eigenvalue weighted by molar-refractivity contribution is 6.04. The second-order valence-electron chi connectivity index (χ2n) is 8.30. The highest BCUT2D eigenvalue weighted by Crippen LogP contribution is 2.30. The summed E-state index contributed by atoms with van der Waals surface area (Å²) < 4.78 is 10.4. The summed E-state index contributed by atoms with van der Waals surface area (Å²) in [7, 11) is 1.56. The quantitative estimate of drug-likeness (QED) is 0.490. The van der Waals surface area contributed by atoms with Crippen LogP contribution in [0, 0.1) is 0 Å². The summed E-state index contributed by atoms with van der Waals surface area (Å²) in [4.78, 5) is 45.1. The Balaban J connectivity index is 1.66. The van der Waals surface area contributed by atoms with Crippen LogP contribution in [0.2, 0.25) is 0 Å². The molecule has 1 saturated carbocycles. The maximum Gasteiger partial charge on any atom is 0.287 e. The van der Waals surface area contributed by atoms with Crippen molar-refractivity contribution >= 4 is 23.4 Å². The van der Waals surface area contributed by atoms with Gasteiger partial charge < -0.3 is 19.8 Å². The lowest BCUT2D eigenvalue weighted by molar-refractivity contribution is -0.126. The van der Waals surface area contributed by atoms with Crippen molar-refractivity contribution in [2.24, 2.45) is 0 Å². The van der Waals surface area contributed by atoms with E-state index in [-0.39, 0.29) is 24.3 Å². The summed E-state index contributed by atoms with van der Waals surface area (Å²) in [5.74, 6) is -0.562. The summed E-state index contributed by atoms with van der Waals surface area (Å²) in [6, 6.07) is 12.6. The predicted molar refractivity (Wildman–Crippen MR) is 129 cm³/mol. The molecule has 2 N–H and O–H groups in total. The number of nitrogens with zero attached hydrogens (tertiary/aromatic N) is 2. The molecule has 1 aromatic carbocycles. The Bertz CT molecular complexity index is 1130. The highest BCUT2D eigenvalue weighted by atomic mass is 16.5. The van der Waals surface area contributed by atoms with Crippen molar-refractivity contribution in [3.05, 3.63) is 78.5 Å². The van der Waals surface area contributed by atoms with E-state index < -0.39 is 17.9 Å². The number of rotatable bonds is 9. The zero-order chi connectivity index (χ0) is 24.6. The molecule has 0 radical (unpaired) electrons. The molecule has 3 aromatic rings. The van der Waals surface area contributed by atoms with Crippen LogP contribution in [0.1, 0.15) is 47.8 Å². The minimum atomic E-state index is -0.973.